The number of carboxylic acids is 1. The van der Waals surface area contributed by atoms with Gasteiger partial charge in [0.2, 0.25) is 11.8 Å². The molecule has 10 heteroatoms. The third kappa shape index (κ3) is 5.66. The van der Waals surface area contributed by atoms with Gasteiger partial charge in [-0.3, -0.25) is 9.59 Å². The molecule has 0 aromatic heterocycles. The van der Waals surface area contributed by atoms with Crippen molar-refractivity contribution >= 4 is 17.8 Å². The predicted octanol–water partition coefficient (Wildman–Crippen LogP) is 1.93. The number of aliphatic carboxylic acids is 1. The summed E-state index contributed by atoms with van der Waals surface area (Å²) in [7, 11) is 0. The molecule has 1 aliphatic rings. The molecule has 0 radical (unpaired) electrons. The van der Waals surface area contributed by atoms with Gasteiger partial charge in [-0.2, -0.15) is 13.2 Å². The maximum Gasteiger partial charge on any atom is 0.411 e. The largest absolute Gasteiger partial charge is 0.480 e. The molecule has 1 atom stereocenters. The van der Waals surface area contributed by atoms with Crippen molar-refractivity contribution in [1.82, 2.24) is 10.6 Å². The number of amides is 2. The summed E-state index contributed by atoms with van der Waals surface area (Å²) in [5, 5.41) is 13.0. The minimum Gasteiger partial charge on any atom is -0.480 e. The molecule has 1 fully saturated rings. The van der Waals surface area contributed by atoms with Gasteiger partial charge >= 0.3 is 12.1 Å². The Balaban J connectivity index is 1.85. The lowest BCUT2D eigenvalue weighted by atomic mass is 10.1. The van der Waals surface area contributed by atoms with Crippen LogP contribution in [0, 0.1) is 5.82 Å². The molecule has 1 aromatic carbocycles. The molecule has 148 valence electrons. The highest BCUT2D eigenvalue weighted by Gasteiger charge is 2.64. The molecule has 2 amide bonds. The quantitative estimate of drug-likeness (QED) is 0.591. The van der Waals surface area contributed by atoms with Gasteiger partial charge in [0.15, 0.2) is 0 Å². The fraction of sp³-hybridized carbons (Fsp3) is 0.471. The highest BCUT2D eigenvalue weighted by molar-refractivity contribution is 5.89. The maximum absolute atomic E-state index is 12.8. The lowest BCUT2D eigenvalue weighted by molar-refractivity contribution is -0.170. The Morgan fingerprint density at radius 3 is 2.19 bits per heavy atom. The maximum atomic E-state index is 12.8. The van der Waals surface area contributed by atoms with Gasteiger partial charge in [-0.05, 0) is 37.0 Å². The number of aryl methyl sites for hydroxylation is 1. The van der Waals surface area contributed by atoms with Gasteiger partial charge in [0.25, 0.3) is 0 Å². The molecular formula is C17H18F4N2O4. The van der Waals surface area contributed by atoms with Gasteiger partial charge in [0.05, 0.1) is 6.42 Å². The van der Waals surface area contributed by atoms with E-state index in [2.05, 4.69) is 5.32 Å². The van der Waals surface area contributed by atoms with Crippen molar-refractivity contribution in [1.29, 1.82) is 0 Å². The number of rotatable bonds is 8. The Hall–Kier alpha value is -2.65. The topological polar surface area (TPSA) is 95.5 Å². The zero-order valence-electron chi connectivity index (χ0n) is 14.1. The zero-order valence-corrected chi connectivity index (χ0v) is 14.1. The molecule has 0 aliphatic heterocycles. The molecule has 1 saturated carbocycles. The molecular weight excluding hydrogens is 372 g/mol. The number of benzene rings is 1. The molecule has 6 nitrogen and oxygen atoms in total. The van der Waals surface area contributed by atoms with Crippen LogP contribution in [-0.4, -0.2) is 40.6 Å². The molecule has 0 heterocycles. The molecule has 2 rings (SSSR count). The summed E-state index contributed by atoms with van der Waals surface area (Å²) in [6, 6.07) is 3.72. The van der Waals surface area contributed by atoms with Crippen LogP contribution in [-0.2, 0) is 20.8 Å². The number of hydrogen-bond acceptors (Lipinski definition) is 3. The second-order valence-electron chi connectivity index (χ2n) is 6.42. The number of halogens is 4. The zero-order chi connectivity index (χ0) is 20.2. The van der Waals surface area contributed by atoms with Crippen molar-refractivity contribution in [2.45, 2.75) is 49.9 Å². The summed E-state index contributed by atoms with van der Waals surface area (Å²) in [6.45, 7) is 0. The summed E-state index contributed by atoms with van der Waals surface area (Å²) < 4.78 is 51.3. The van der Waals surface area contributed by atoms with Crippen LogP contribution in [0.25, 0.3) is 0 Å². The molecule has 3 N–H and O–H groups in total. The van der Waals surface area contributed by atoms with Crippen LogP contribution in [0.2, 0.25) is 0 Å². The number of nitrogens with one attached hydrogen (secondary N) is 2. The van der Waals surface area contributed by atoms with Crippen LogP contribution in [0.5, 0.6) is 0 Å². The van der Waals surface area contributed by atoms with Gasteiger partial charge < -0.3 is 15.7 Å². The summed E-state index contributed by atoms with van der Waals surface area (Å²) in [5.74, 6) is -3.75. The second kappa shape index (κ2) is 7.93. The highest BCUT2D eigenvalue weighted by Crippen LogP contribution is 2.48. The van der Waals surface area contributed by atoms with E-state index >= 15 is 0 Å². The second-order valence-corrected chi connectivity index (χ2v) is 6.42. The Bertz CT molecular complexity index is 715. The smallest absolute Gasteiger partial charge is 0.411 e. The van der Waals surface area contributed by atoms with Crippen molar-refractivity contribution in [2.24, 2.45) is 0 Å². The number of alkyl halides is 3. The SMILES string of the molecule is O=C(CCc1ccc(F)cc1)NC(CC(=O)NC1(C(F)(F)F)CC1)C(=O)O. The first-order chi connectivity index (χ1) is 12.5. The Labute approximate surface area is 151 Å². The number of hydrogen-bond donors (Lipinski definition) is 3. The minimum atomic E-state index is -4.61. The van der Waals surface area contributed by atoms with Gasteiger partial charge in [0.1, 0.15) is 17.4 Å². The van der Waals surface area contributed by atoms with Crippen LogP contribution in [0.4, 0.5) is 17.6 Å². The first kappa shape index (κ1) is 20.7. The van der Waals surface area contributed by atoms with Crippen LogP contribution in [0.1, 0.15) is 31.2 Å². The fourth-order valence-corrected chi connectivity index (χ4v) is 2.48. The predicted molar refractivity (Wildman–Crippen MR) is 85.1 cm³/mol. The normalized spacial score (nSPS) is 16.3. The van der Waals surface area contributed by atoms with Crippen LogP contribution < -0.4 is 10.6 Å². The van der Waals surface area contributed by atoms with Crippen molar-refractivity contribution in [3.8, 4) is 0 Å². The Kier molecular flexibility index (Phi) is 6.07. The summed E-state index contributed by atoms with van der Waals surface area (Å²) in [5.41, 5.74) is -1.64. The molecule has 27 heavy (non-hydrogen) atoms. The third-order valence-electron chi connectivity index (χ3n) is 4.25. The van der Waals surface area contributed by atoms with E-state index in [-0.39, 0.29) is 25.7 Å². The summed E-state index contributed by atoms with van der Waals surface area (Å²) >= 11 is 0. The van der Waals surface area contributed by atoms with Crippen LogP contribution >= 0.6 is 0 Å². The van der Waals surface area contributed by atoms with E-state index in [0.717, 1.165) is 0 Å². The van der Waals surface area contributed by atoms with Gasteiger partial charge in [-0.25, -0.2) is 9.18 Å². The fourth-order valence-electron chi connectivity index (χ4n) is 2.48. The van der Waals surface area contributed by atoms with Crippen molar-refractivity contribution in [3.63, 3.8) is 0 Å². The van der Waals surface area contributed by atoms with E-state index in [9.17, 15) is 31.9 Å². The monoisotopic (exact) mass is 390 g/mol. The first-order valence-electron chi connectivity index (χ1n) is 8.17. The molecule has 0 spiro atoms. The van der Waals surface area contributed by atoms with E-state index in [1.807, 2.05) is 5.32 Å². The Morgan fingerprint density at radius 2 is 1.70 bits per heavy atom. The van der Waals surface area contributed by atoms with Crippen molar-refractivity contribution in [2.75, 3.05) is 0 Å². The summed E-state index contributed by atoms with van der Waals surface area (Å²) in [6.07, 6.45) is -5.85. The lowest BCUT2D eigenvalue weighted by Crippen LogP contribution is -2.51. The van der Waals surface area contributed by atoms with Crippen molar-refractivity contribution in [3.05, 3.63) is 35.6 Å². The number of carbonyl (C=O) groups excluding carboxylic acids is 2. The van der Waals surface area contributed by atoms with Gasteiger partial charge in [-0.1, -0.05) is 12.1 Å². The summed E-state index contributed by atoms with van der Waals surface area (Å²) in [4.78, 5) is 34.9. The molecule has 0 saturated heterocycles. The van der Waals surface area contributed by atoms with E-state index < -0.39 is 47.8 Å². The first-order valence-corrected chi connectivity index (χ1v) is 8.17. The average Bonchev–Trinajstić information content (AvgIpc) is 3.34. The van der Waals surface area contributed by atoms with E-state index in [1.165, 1.54) is 24.3 Å². The lowest BCUT2D eigenvalue weighted by Gasteiger charge is -2.22. The standard InChI is InChI=1S/C17H18F4N2O4/c18-11-4-1-10(2-5-11)3-6-13(24)22-12(15(26)27)9-14(25)23-16(7-8-16)17(19,20)21/h1-2,4-5,12H,3,6-9H2,(H,22,24)(H,23,25)(H,26,27). The van der Waals surface area contributed by atoms with E-state index in [0.29, 0.717) is 5.56 Å². The highest BCUT2D eigenvalue weighted by atomic mass is 19.4. The Morgan fingerprint density at radius 1 is 1.11 bits per heavy atom. The van der Waals surface area contributed by atoms with Crippen LogP contribution in [0.15, 0.2) is 24.3 Å². The molecule has 1 aromatic rings. The molecule has 1 unspecified atom stereocenters. The van der Waals surface area contributed by atoms with Gasteiger partial charge in [0, 0.05) is 6.42 Å². The molecule has 1 aliphatic carbocycles. The van der Waals surface area contributed by atoms with Crippen LogP contribution in [0.3, 0.4) is 0 Å². The molecule has 0 bridgehead atoms. The number of carboxylic acid groups (broad SMARTS) is 1. The van der Waals surface area contributed by atoms with E-state index in [4.69, 9.17) is 5.11 Å². The number of carbonyl (C=O) groups is 3. The van der Waals surface area contributed by atoms with Crippen molar-refractivity contribution < 1.29 is 37.1 Å². The van der Waals surface area contributed by atoms with Gasteiger partial charge in [-0.15, -0.1) is 0 Å². The van der Waals surface area contributed by atoms with E-state index in [1.54, 1.807) is 0 Å². The third-order valence-corrected chi connectivity index (χ3v) is 4.25. The average molecular weight is 390 g/mol. The minimum absolute atomic E-state index is 0.122.